The van der Waals surface area contributed by atoms with E-state index in [1.807, 2.05) is 6.92 Å². The molecule has 11 heteroatoms. The molecule has 0 aliphatic carbocycles. The number of carbonyl (C=O) groups is 5. The second kappa shape index (κ2) is 14.0. The average molecular weight is 405 g/mol. The standard InChI is InChI=1S/C16H27N3O7S/c1-2-3-10(6-7-20)27-9-12(15(24)18-8-14(22)23)19-13(21)5-4-11(17)16(25)26/h7,10-12H,2-6,8-9,17H2,1H3,(H,18,24)(H,19,21)(H,22,23)(H,25,26). The SMILES string of the molecule is CCCC(CC=O)SCC(NC(=O)CCC(N)C(=O)O)C(=O)NCC(=O)O. The number of hydrogen-bond acceptors (Lipinski definition) is 7. The minimum atomic E-state index is -1.23. The van der Waals surface area contributed by atoms with Gasteiger partial charge in [-0.1, -0.05) is 13.3 Å². The monoisotopic (exact) mass is 405 g/mol. The van der Waals surface area contributed by atoms with Crippen LogP contribution in [-0.2, 0) is 24.0 Å². The van der Waals surface area contributed by atoms with Gasteiger partial charge in [0.25, 0.3) is 0 Å². The van der Waals surface area contributed by atoms with Crippen LogP contribution in [0.5, 0.6) is 0 Å². The van der Waals surface area contributed by atoms with Crippen LogP contribution in [0.25, 0.3) is 0 Å². The number of carbonyl (C=O) groups excluding carboxylic acids is 3. The molecule has 10 nitrogen and oxygen atoms in total. The van der Waals surface area contributed by atoms with E-state index in [1.54, 1.807) is 0 Å². The maximum absolute atomic E-state index is 12.2. The van der Waals surface area contributed by atoms with Crippen molar-refractivity contribution in [3.8, 4) is 0 Å². The molecule has 3 atom stereocenters. The van der Waals surface area contributed by atoms with Crippen LogP contribution in [0.1, 0.15) is 39.0 Å². The highest BCUT2D eigenvalue weighted by molar-refractivity contribution is 8.00. The molecule has 0 aromatic heterocycles. The number of amides is 2. The Morgan fingerprint density at radius 3 is 2.37 bits per heavy atom. The maximum atomic E-state index is 12.2. The fourth-order valence-corrected chi connectivity index (χ4v) is 3.39. The van der Waals surface area contributed by atoms with Crippen LogP contribution in [0.2, 0.25) is 0 Å². The molecule has 2 amide bonds. The normalized spacial score (nSPS) is 13.9. The zero-order valence-corrected chi connectivity index (χ0v) is 16.0. The first kappa shape index (κ1) is 24.9. The second-order valence-electron chi connectivity index (χ2n) is 5.86. The summed E-state index contributed by atoms with van der Waals surface area (Å²) in [4.78, 5) is 56.2. The molecular formula is C16H27N3O7S. The first-order valence-corrected chi connectivity index (χ1v) is 9.58. The van der Waals surface area contributed by atoms with Crippen molar-refractivity contribution in [2.75, 3.05) is 12.3 Å². The molecule has 0 saturated carbocycles. The largest absolute Gasteiger partial charge is 0.480 e. The van der Waals surface area contributed by atoms with Crippen LogP contribution >= 0.6 is 11.8 Å². The molecule has 0 bridgehead atoms. The van der Waals surface area contributed by atoms with Gasteiger partial charge in [0.05, 0.1) is 0 Å². The maximum Gasteiger partial charge on any atom is 0.322 e. The molecule has 0 aliphatic heterocycles. The third kappa shape index (κ3) is 12.0. The lowest BCUT2D eigenvalue weighted by molar-refractivity contribution is -0.139. The molecule has 0 aliphatic rings. The molecule has 0 aromatic carbocycles. The van der Waals surface area contributed by atoms with Crippen molar-refractivity contribution in [3.63, 3.8) is 0 Å². The number of carboxylic acid groups (broad SMARTS) is 2. The molecule has 0 saturated heterocycles. The predicted octanol–water partition coefficient (Wildman–Crippen LogP) is -0.645. The van der Waals surface area contributed by atoms with Crippen LogP contribution in [0.4, 0.5) is 0 Å². The number of hydrogen-bond donors (Lipinski definition) is 5. The molecule has 6 N–H and O–H groups in total. The number of carboxylic acids is 2. The fourth-order valence-electron chi connectivity index (χ4n) is 2.08. The van der Waals surface area contributed by atoms with E-state index in [0.717, 1.165) is 19.1 Å². The minimum absolute atomic E-state index is 0.0143. The smallest absolute Gasteiger partial charge is 0.322 e. The topological polar surface area (TPSA) is 176 Å². The molecular weight excluding hydrogens is 378 g/mol. The van der Waals surface area contributed by atoms with Gasteiger partial charge >= 0.3 is 11.9 Å². The highest BCUT2D eigenvalue weighted by Gasteiger charge is 2.23. The lowest BCUT2D eigenvalue weighted by Gasteiger charge is -2.21. The Kier molecular flexibility index (Phi) is 12.9. The van der Waals surface area contributed by atoms with Gasteiger partial charge in [0.2, 0.25) is 11.8 Å². The Bertz CT molecular complexity index is 530. The second-order valence-corrected chi connectivity index (χ2v) is 7.19. The number of thioether (sulfide) groups is 1. The number of nitrogens with two attached hydrogens (primary N) is 1. The number of rotatable bonds is 15. The van der Waals surface area contributed by atoms with Gasteiger partial charge < -0.3 is 31.4 Å². The predicted molar refractivity (Wildman–Crippen MR) is 99.3 cm³/mol. The number of nitrogens with one attached hydrogen (secondary N) is 2. The highest BCUT2D eigenvalue weighted by Crippen LogP contribution is 2.20. The molecule has 3 unspecified atom stereocenters. The van der Waals surface area contributed by atoms with Crippen LogP contribution in [-0.4, -0.2) is 69.9 Å². The Balaban J connectivity index is 4.82. The molecule has 0 spiro atoms. The summed E-state index contributed by atoms with van der Waals surface area (Å²) in [6, 6.07) is -2.19. The summed E-state index contributed by atoms with van der Waals surface area (Å²) in [6.07, 6.45) is 2.42. The van der Waals surface area contributed by atoms with Crippen molar-refractivity contribution in [2.45, 2.75) is 56.4 Å². The van der Waals surface area contributed by atoms with Crippen LogP contribution in [0, 0.1) is 0 Å². The van der Waals surface area contributed by atoms with E-state index in [1.165, 1.54) is 11.8 Å². The van der Waals surface area contributed by atoms with Crippen LogP contribution < -0.4 is 16.4 Å². The minimum Gasteiger partial charge on any atom is -0.480 e. The van der Waals surface area contributed by atoms with Gasteiger partial charge in [-0.2, -0.15) is 11.8 Å². The van der Waals surface area contributed by atoms with E-state index in [0.29, 0.717) is 6.42 Å². The molecule has 27 heavy (non-hydrogen) atoms. The van der Waals surface area contributed by atoms with Crippen molar-refractivity contribution in [2.24, 2.45) is 5.73 Å². The summed E-state index contributed by atoms with van der Waals surface area (Å²) < 4.78 is 0. The van der Waals surface area contributed by atoms with Gasteiger partial charge in [0, 0.05) is 23.8 Å². The molecule has 0 aromatic rings. The molecule has 0 radical (unpaired) electrons. The summed E-state index contributed by atoms with van der Waals surface area (Å²) in [5, 5.41) is 22.1. The summed E-state index contributed by atoms with van der Waals surface area (Å²) >= 11 is 1.34. The first-order valence-electron chi connectivity index (χ1n) is 8.53. The lowest BCUT2D eigenvalue weighted by atomic mass is 10.1. The average Bonchev–Trinajstić information content (AvgIpc) is 2.60. The number of aldehydes is 1. The van der Waals surface area contributed by atoms with E-state index in [2.05, 4.69) is 10.6 Å². The van der Waals surface area contributed by atoms with Crippen molar-refractivity contribution in [1.29, 1.82) is 0 Å². The third-order valence-electron chi connectivity index (χ3n) is 3.53. The van der Waals surface area contributed by atoms with Gasteiger partial charge in [0.15, 0.2) is 0 Å². The van der Waals surface area contributed by atoms with E-state index in [9.17, 15) is 24.0 Å². The third-order valence-corrected chi connectivity index (χ3v) is 4.96. The Morgan fingerprint density at radius 2 is 1.85 bits per heavy atom. The first-order chi connectivity index (χ1) is 12.7. The molecule has 0 rings (SSSR count). The quantitative estimate of drug-likeness (QED) is 0.222. The summed E-state index contributed by atoms with van der Waals surface area (Å²) in [6.45, 7) is 1.37. The van der Waals surface area contributed by atoms with Gasteiger partial charge in [-0.3, -0.25) is 19.2 Å². The zero-order valence-electron chi connectivity index (χ0n) is 15.2. The molecule has 0 heterocycles. The van der Waals surface area contributed by atoms with Gasteiger partial charge in [0.1, 0.15) is 24.9 Å². The summed E-state index contributed by atoms with van der Waals surface area (Å²) in [7, 11) is 0. The Labute approximate surface area is 161 Å². The van der Waals surface area contributed by atoms with E-state index in [-0.39, 0.29) is 23.8 Å². The van der Waals surface area contributed by atoms with E-state index >= 15 is 0 Å². The Morgan fingerprint density at radius 1 is 1.19 bits per heavy atom. The van der Waals surface area contributed by atoms with E-state index in [4.69, 9.17) is 15.9 Å². The lowest BCUT2D eigenvalue weighted by Crippen LogP contribution is -2.49. The fraction of sp³-hybridized carbons (Fsp3) is 0.688. The van der Waals surface area contributed by atoms with Crippen molar-refractivity contribution < 1.29 is 34.2 Å². The number of aliphatic carboxylic acids is 2. The van der Waals surface area contributed by atoms with Crippen molar-refractivity contribution >= 4 is 41.8 Å². The van der Waals surface area contributed by atoms with Gasteiger partial charge in [-0.15, -0.1) is 0 Å². The van der Waals surface area contributed by atoms with Crippen LogP contribution in [0.3, 0.4) is 0 Å². The molecule has 0 fully saturated rings. The zero-order chi connectivity index (χ0) is 20.8. The van der Waals surface area contributed by atoms with Crippen LogP contribution in [0.15, 0.2) is 0 Å². The van der Waals surface area contributed by atoms with Crippen molar-refractivity contribution in [3.05, 3.63) is 0 Å². The summed E-state index contributed by atoms with van der Waals surface area (Å²) in [5.74, 6) is -3.53. The Hall–Kier alpha value is -2.14. The highest BCUT2D eigenvalue weighted by atomic mass is 32.2. The van der Waals surface area contributed by atoms with Gasteiger partial charge in [-0.05, 0) is 12.8 Å². The van der Waals surface area contributed by atoms with E-state index < -0.39 is 42.4 Å². The van der Waals surface area contributed by atoms with Gasteiger partial charge in [-0.25, -0.2) is 0 Å². The molecule has 154 valence electrons. The summed E-state index contributed by atoms with van der Waals surface area (Å²) in [5.41, 5.74) is 5.34. The van der Waals surface area contributed by atoms with Crippen molar-refractivity contribution in [1.82, 2.24) is 10.6 Å².